The van der Waals surface area contributed by atoms with Crippen LogP contribution in [0.15, 0.2) is 91.0 Å². The molecule has 0 aromatic heterocycles. The number of carbonyl (C=O) groups is 1. The first kappa shape index (κ1) is 17.2. The lowest BCUT2D eigenvalue weighted by Crippen LogP contribution is -2.43. The van der Waals surface area contributed by atoms with E-state index >= 15 is 0 Å². The van der Waals surface area contributed by atoms with Crippen molar-refractivity contribution in [3.63, 3.8) is 0 Å². The van der Waals surface area contributed by atoms with E-state index in [2.05, 4.69) is 91.0 Å². The zero-order chi connectivity index (χ0) is 17.8. The van der Waals surface area contributed by atoms with Gasteiger partial charge in [0.2, 0.25) is 0 Å². The van der Waals surface area contributed by atoms with E-state index < -0.39 is 7.26 Å². The highest BCUT2D eigenvalue weighted by molar-refractivity contribution is 7.96. The van der Waals surface area contributed by atoms with Crippen molar-refractivity contribution >= 4 is 29.0 Å². The van der Waals surface area contributed by atoms with Gasteiger partial charge < -0.3 is 0 Å². The molecule has 130 valence electrons. The monoisotopic (exact) mass is 359 g/mol. The molecule has 0 amide bonds. The number of carbonyl (C=O) groups excluding carboxylic acids is 1. The first-order valence-corrected chi connectivity index (χ1v) is 11.3. The van der Waals surface area contributed by atoms with Crippen LogP contribution in [-0.2, 0) is 4.79 Å². The summed E-state index contributed by atoms with van der Waals surface area (Å²) in [6, 6.07) is 32.3. The van der Waals surface area contributed by atoms with E-state index in [1.54, 1.807) is 0 Å². The van der Waals surface area contributed by atoms with Crippen molar-refractivity contribution in [1.29, 1.82) is 0 Å². The van der Waals surface area contributed by atoms with Crippen LogP contribution in [0.5, 0.6) is 0 Å². The SMILES string of the molecule is O=C1CCCCC1[P+](c1ccccc1)(c1ccccc1)c1ccccc1. The van der Waals surface area contributed by atoms with Crippen LogP contribution in [0.4, 0.5) is 0 Å². The third-order valence-electron chi connectivity index (χ3n) is 5.48. The topological polar surface area (TPSA) is 17.1 Å². The summed E-state index contributed by atoms with van der Waals surface area (Å²) in [6.45, 7) is 0. The van der Waals surface area contributed by atoms with Crippen molar-refractivity contribution in [2.24, 2.45) is 0 Å². The molecule has 26 heavy (non-hydrogen) atoms. The Bertz CT molecular complexity index is 762. The van der Waals surface area contributed by atoms with Crippen LogP contribution in [0, 0.1) is 0 Å². The second-order valence-electron chi connectivity index (χ2n) is 6.96. The Morgan fingerprint density at radius 1 is 0.615 bits per heavy atom. The number of ketones is 1. The van der Waals surface area contributed by atoms with Gasteiger partial charge in [0.05, 0.1) is 0 Å². The van der Waals surface area contributed by atoms with E-state index in [1.165, 1.54) is 15.9 Å². The zero-order valence-corrected chi connectivity index (χ0v) is 15.8. The van der Waals surface area contributed by atoms with Gasteiger partial charge in [-0.15, -0.1) is 0 Å². The Hall–Kier alpha value is -2.24. The Labute approximate surface area is 156 Å². The molecule has 1 saturated carbocycles. The van der Waals surface area contributed by atoms with E-state index in [1.807, 2.05) is 0 Å². The van der Waals surface area contributed by atoms with Gasteiger partial charge in [-0.05, 0) is 55.7 Å². The zero-order valence-electron chi connectivity index (χ0n) is 14.9. The van der Waals surface area contributed by atoms with Gasteiger partial charge in [0, 0.05) is 6.42 Å². The van der Waals surface area contributed by atoms with Crippen LogP contribution in [-0.4, -0.2) is 11.4 Å². The summed E-state index contributed by atoms with van der Waals surface area (Å²) in [7, 11) is -2.03. The molecule has 2 heteroatoms. The third-order valence-corrected chi connectivity index (χ3v) is 10.3. The molecule has 3 aromatic carbocycles. The van der Waals surface area contributed by atoms with Gasteiger partial charge in [-0.2, -0.15) is 0 Å². The molecule has 1 nitrogen and oxygen atoms in total. The summed E-state index contributed by atoms with van der Waals surface area (Å²) in [5.41, 5.74) is 0.0865. The lowest BCUT2D eigenvalue weighted by molar-refractivity contribution is -0.119. The van der Waals surface area contributed by atoms with E-state index in [-0.39, 0.29) is 5.66 Å². The summed E-state index contributed by atoms with van der Waals surface area (Å²) in [4.78, 5) is 13.2. The Morgan fingerprint density at radius 3 is 1.42 bits per heavy atom. The Kier molecular flexibility index (Phi) is 5.00. The highest BCUT2D eigenvalue weighted by Gasteiger charge is 2.55. The first-order chi connectivity index (χ1) is 12.8. The standard InChI is InChI=1S/C24H24OP/c25-23-18-10-11-19-24(23)26(20-12-4-1-5-13-20,21-14-6-2-7-15-21)22-16-8-3-9-17-22/h1-9,12-17,24H,10-11,18-19H2/q+1. The molecule has 0 saturated heterocycles. The molecular formula is C24H24OP+. The van der Waals surface area contributed by atoms with Crippen molar-refractivity contribution in [2.45, 2.75) is 31.3 Å². The van der Waals surface area contributed by atoms with Crippen molar-refractivity contribution < 1.29 is 4.79 Å². The average molecular weight is 359 g/mol. The predicted octanol–water partition coefficient (Wildman–Crippen LogP) is 4.49. The molecule has 0 aliphatic heterocycles. The number of benzene rings is 3. The Morgan fingerprint density at radius 2 is 1.04 bits per heavy atom. The minimum Gasteiger partial charge on any atom is -0.295 e. The fourth-order valence-corrected chi connectivity index (χ4v) is 9.38. The highest BCUT2D eigenvalue weighted by atomic mass is 31.2. The average Bonchev–Trinajstić information content (AvgIpc) is 2.72. The predicted molar refractivity (Wildman–Crippen MR) is 112 cm³/mol. The van der Waals surface area contributed by atoms with E-state index in [0.717, 1.165) is 25.7 Å². The number of Topliss-reactive ketones (excluding diaryl/α,β-unsaturated/α-hetero) is 1. The minimum atomic E-state index is -2.03. The normalized spacial score (nSPS) is 17.8. The fourth-order valence-electron chi connectivity index (χ4n) is 4.35. The van der Waals surface area contributed by atoms with Crippen LogP contribution < -0.4 is 15.9 Å². The summed E-state index contributed by atoms with van der Waals surface area (Å²) in [6.07, 6.45) is 3.89. The summed E-state index contributed by atoms with van der Waals surface area (Å²) < 4.78 is 0. The number of hydrogen-bond donors (Lipinski definition) is 0. The van der Waals surface area contributed by atoms with E-state index in [4.69, 9.17) is 0 Å². The van der Waals surface area contributed by atoms with Crippen LogP contribution in [0.25, 0.3) is 0 Å². The van der Waals surface area contributed by atoms with Crippen LogP contribution >= 0.6 is 7.26 Å². The van der Waals surface area contributed by atoms with Crippen molar-refractivity contribution in [3.8, 4) is 0 Å². The maximum absolute atomic E-state index is 13.2. The second kappa shape index (κ2) is 7.56. The van der Waals surface area contributed by atoms with Crippen molar-refractivity contribution in [2.75, 3.05) is 0 Å². The number of rotatable bonds is 4. The quantitative estimate of drug-likeness (QED) is 0.627. The molecule has 1 aliphatic rings. The van der Waals surface area contributed by atoms with Crippen molar-refractivity contribution in [1.82, 2.24) is 0 Å². The van der Waals surface area contributed by atoms with Gasteiger partial charge in [-0.3, -0.25) is 4.79 Å². The lowest BCUT2D eigenvalue weighted by atomic mass is 9.99. The Balaban J connectivity index is 2.05. The van der Waals surface area contributed by atoms with Gasteiger partial charge in [-0.1, -0.05) is 54.6 Å². The minimum absolute atomic E-state index is 0.0865. The summed E-state index contributed by atoms with van der Waals surface area (Å²) in [5.74, 6) is 0.446. The summed E-state index contributed by atoms with van der Waals surface area (Å²) in [5, 5.41) is 3.95. The van der Waals surface area contributed by atoms with Gasteiger partial charge in [-0.25, -0.2) is 0 Å². The molecule has 1 atom stereocenters. The summed E-state index contributed by atoms with van der Waals surface area (Å²) >= 11 is 0. The van der Waals surface area contributed by atoms with Crippen molar-refractivity contribution in [3.05, 3.63) is 91.0 Å². The second-order valence-corrected chi connectivity index (χ2v) is 10.6. The number of hydrogen-bond acceptors (Lipinski definition) is 1. The van der Waals surface area contributed by atoms with E-state index in [0.29, 0.717) is 5.78 Å². The molecule has 0 N–H and O–H groups in total. The lowest BCUT2D eigenvalue weighted by Gasteiger charge is -2.35. The largest absolute Gasteiger partial charge is 0.295 e. The molecule has 0 radical (unpaired) electrons. The molecule has 1 aliphatic carbocycles. The smallest absolute Gasteiger partial charge is 0.174 e. The molecule has 1 fully saturated rings. The highest BCUT2D eigenvalue weighted by Crippen LogP contribution is 2.62. The fraction of sp³-hybridized carbons (Fsp3) is 0.208. The maximum Gasteiger partial charge on any atom is 0.174 e. The molecule has 4 rings (SSSR count). The molecule has 0 heterocycles. The molecule has 1 unspecified atom stereocenters. The first-order valence-electron chi connectivity index (χ1n) is 9.42. The molecule has 0 bridgehead atoms. The van der Waals surface area contributed by atoms with Crippen LogP contribution in [0.1, 0.15) is 25.7 Å². The van der Waals surface area contributed by atoms with Crippen LogP contribution in [0.3, 0.4) is 0 Å². The molecule has 3 aromatic rings. The molecule has 0 spiro atoms. The molecular weight excluding hydrogens is 335 g/mol. The van der Waals surface area contributed by atoms with Gasteiger partial charge in [0.25, 0.3) is 0 Å². The maximum atomic E-state index is 13.2. The van der Waals surface area contributed by atoms with Gasteiger partial charge in [0.1, 0.15) is 28.8 Å². The van der Waals surface area contributed by atoms with Gasteiger partial charge >= 0.3 is 0 Å². The third kappa shape index (κ3) is 2.91. The van der Waals surface area contributed by atoms with Gasteiger partial charge in [0.15, 0.2) is 5.78 Å². The van der Waals surface area contributed by atoms with Crippen LogP contribution in [0.2, 0.25) is 0 Å². The van der Waals surface area contributed by atoms with E-state index in [9.17, 15) is 4.79 Å².